The van der Waals surface area contributed by atoms with Gasteiger partial charge in [0.25, 0.3) is 5.91 Å². The van der Waals surface area contributed by atoms with Gasteiger partial charge in [-0.15, -0.1) is 0 Å². The lowest BCUT2D eigenvalue weighted by Gasteiger charge is -2.33. The van der Waals surface area contributed by atoms with Crippen LogP contribution in [0, 0.1) is 6.92 Å². The third-order valence-corrected chi connectivity index (χ3v) is 6.42. The van der Waals surface area contributed by atoms with Crippen molar-refractivity contribution in [2.75, 3.05) is 23.7 Å². The summed E-state index contributed by atoms with van der Waals surface area (Å²) < 4.78 is 5.50. The summed E-state index contributed by atoms with van der Waals surface area (Å²) in [5.41, 5.74) is 3.32. The topological polar surface area (TPSA) is 121 Å². The van der Waals surface area contributed by atoms with Gasteiger partial charge in [0.1, 0.15) is 11.4 Å². The highest BCUT2D eigenvalue weighted by molar-refractivity contribution is 6.00. The molecule has 2 amide bonds. The molecule has 2 aromatic heterocycles. The second kappa shape index (κ2) is 12.3. The molecule has 3 aromatic rings. The SMILES string of the molecule is Cc1cnc(Nc2ccc(C3CCN(C(=O)OC(C)(C)C)CC3)nc2)nc1Nc1ccccc1C(=O)NC(C)C. The third kappa shape index (κ3) is 7.68. The monoisotopic (exact) mass is 545 g/mol. The Hall–Kier alpha value is -4.21. The maximum atomic E-state index is 12.7. The van der Waals surface area contributed by atoms with Gasteiger partial charge in [-0.1, -0.05) is 12.1 Å². The summed E-state index contributed by atoms with van der Waals surface area (Å²) in [6, 6.07) is 11.3. The average molecular weight is 546 g/mol. The van der Waals surface area contributed by atoms with Gasteiger partial charge in [0.2, 0.25) is 5.95 Å². The van der Waals surface area contributed by atoms with E-state index in [0.29, 0.717) is 36.1 Å². The number of piperidine rings is 1. The number of nitrogens with zero attached hydrogens (tertiary/aromatic N) is 4. The number of amides is 2. The Bertz CT molecular complexity index is 1330. The molecule has 3 N–H and O–H groups in total. The standard InChI is InChI=1S/C30H39N7O3/c1-19(2)33-27(38)23-9-7-8-10-25(23)35-26-20(3)17-32-28(36-26)34-22-11-12-24(31-18-22)21-13-15-37(16-14-21)29(39)40-30(4,5)6/h7-12,17-19,21H,13-16H2,1-6H3,(H,33,38)(H2,32,34,35,36). The smallest absolute Gasteiger partial charge is 0.410 e. The number of nitrogens with one attached hydrogen (secondary N) is 3. The Morgan fingerprint density at radius 2 is 1.73 bits per heavy atom. The van der Waals surface area contributed by atoms with Gasteiger partial charge >= 0.3 is 6.09 Å². The van der Waals surface area contributed by atoms with Gasteiger partial charge < -0.3 is 25.6 Å². The van der Waals surface area contributed by atoms with Crippen LogP contribution in [0.15, 0.2) is 48.8 Å². The molecule has 1 saturated heterocycles. The van der Waals surface area contributed by atoms with Crippen molar-refractivity contribution < 1.29 is 14.3 Å². The summed E-state index contributed by atoms with van der Waals surface area (Å²) in [6.07, 6.45) is 4.93. The van der Waals surface area contributed by atoms with E-state index in [-0.39, 0.29) is 24.0 Å². The summed E-state index contributed by atoms with van der Waals surface area (Å²) in [6.45, 7) is 12.7. The Kier molecular flexibility index (Phi) is 8.86. The summed E-state index contributed by atoms with van der Waals surface area (Å²) in [7, 11) is 0. The van der Waals surface area contributed by atoms with Gasteiger partial charge in [0.05, 0.1) is 23.1 Å². The van der Waals surface area contributed by atoms with Crippen LogP contribution in [0.2, 0.25) is 0 Å². The first-order valence-corrected chi connectivity index (χ1v) is 13.7. The van der Waals surface area contributed by atoms with Crippen LogP contribution >= 0.6 is 0 Å². The molecule has 212 valence electrons. The van der Waals surface area contributed by atoms with Gasteiger partial charge in [-0.25, -0.2) is 9.78 Å². The van der Waals surface area contributed by atoms with E-state index in [1.807, 2.05) is 71.9 Å². The summed E-state index contributed by atoms with van der Waals surface area (Å²) in [4.78, 5) is 40.5. The fraction of sp³-hybridized carbons (Fsp3) is 0.433. The van der Waals surface area contributed by atoms with Crippen LogP contribution in [0.1, 0.15) is 75.0 Å². The zero-order chi connectivity index (χ0) is 28.9. The number of rotatable bonds is 7. The molecular formula is C30H39N7O3. The number of carbonyl (C=O) groups is 2. The molecule has 1 aliphatic rings. The largest absolute Gasteiger partial charge is 0.444 e. The quantitative estimate of drug-likeness (QED) is 0.335. The first-order valence-electron chi connectivity index (χ1n) is 13.7. The van der Waals surface area contributed by atoms with Crippen molar-refractivity contribution in [3.05, 3.63) is 65.6 Å². The second-order valence-corrected chi connectivity index (χ2v) is 11.4. The minimum atomic E-state index is -0.495. The third-order valence-electron chi connectivity index (χ3n) is 6.42. The molecule has 0 unspecified atom stereocenters. The van der Waals surface area contributed by atoms with Crippen molar-refractivity contribution in [3.63, 3.8) is 0 Å². The predicted molar refractivity (Wildman–Crippen MR) is 156 cm³/mol. The Balaban J connectivity index is 1.39. The molecule has 0 aliphatic carbocycles. The van der Waals surface area contributed by atoms with Crippen LogP contribution in [-0.2, 0) is 4.74 Å². The predicted octanol–water partition coefficient (Wildman–Crippen LogP) is 5.92. The fourth-order valence-electron chi connectivity index (χ4n) is 4.42. The van der Waals surface area contributed by atoms with Crippen LogP contribution in [-0.4, -0.2) is 56.6 Å². The van der Waals surface area contributed by atoms with E-state index in [0.717, 1.165) is 29.8 Å². The molecule has 0 spiro atoms. The van der Waals surface area contributed by atoms with E-state index >= 15 is 0 Å². The lowest BCUT2D eigenvalue weighted by molar-refractivity contribution is 0.0204. The number of ether oxygens (including phenoxy) is 1. The molecule has 4 rings (SSSR count). The molecule has 1 fully saturated rings. The van der Waals surface area contributed by atoms with Crippen molar-refractivity contribution in [1.82, 2.24) is 25.2 Å². The van der Waals surface area contributed by atoms with Crippen molar-refractivity contribution in [2.45, 2.75) is 71.9 Å². The number of carbonyl (C=O) groups excluding carboxylic acids is 2. The fourth-order valence-corrected chi connectivity index (χ4v) is 4.42. The minimum Gasteiger partial charge on any atom is -0.444 e. The number of para-hydroxylation sites is 1. The van der Waals surface area contributed by atoms with Gasteiger partial charge in [-0.2, -0.15) is 4.98 Å². The maximum Gasteiger partial charge on any atom is 0.410 e. The Labute approximate surface area is 236 Å². The molecule has 0 atom stereocenters. The van der Waals surface area contributed by atoms with Crippen molar-refractivity contribution in [2.24, 2.45) is 0 Å². The van der Waals surface area contributed by atoms with Gasteiger partial charge in [-0.3, -0.25) is 9.78 Å². The second-order valence-electron chi connectivity index (χ2n) is 11.4. The highest BCUT2D eigenvalue weighted by atomic mass is 16.6. The molecule has 3 heterocycles. The Morgan fingerprint density at radius 3 is 2.38 bits per heavy atom. The molecule has 0 saturated carbocycles. The summed E-state index contributed by atoms with van der Waals surface area (Å²) in [5, 5.41) is 9.45. The molecule has 1 aliphatic heterocycles. The molecule has 1 aromatic carbocycles. The van der Waals surface area contributed by atoms with E-state index in [9.17, 15) is 9.59 Å². The van der Waals surface area contributed by atoms with Crippen molar-refractivity contribution >= 4 is 35.1 Å². The highest BCUT2D eigenvalue weighted by Crippen LogP contribution is 2.29. The number of aromatic nitrogens is 3. The summed E-state index contributed by atoms with van der Waals surface area (Å²) in [5.74, 6) is 1.15. The van der Waals surface area contributed by atoms with E-state index in [1.165, 1.54) is 0 Å². The van der Waals surface area contributed by atoms with Gasteiger partial charge in [0.15, 0.2) is 0 Å². The number of anilines is 4. The summed E-state index contributed by atoms with van der Waals surface area (Å²) >= 11 is 0. The molecule has 40 heavy (non-hydrogen) atoms. The van der Waals surface area contributed by atoms with E-state index in [4.69, 9.17) is 4.74 Å². The van der Waals surface area contributed by atoms with Gasteiger partial charge in [-0.05, 0) is 78.6 Å². The molecule has 0 bridgehead atoms. The van der Waals surface area contributed by atoms with Crippen molar-refractivity contribution in [1.29, 1.82) is 0 Å². The highest BCUT2D eigenvalue weighted by Gasteiger charge is 2.28. The van der Waals surface area contributed by atoms with Gasteiger partial charge in [0, 0.05) is 42.5 Å². The number of likely N-dealkylation sites (tertiary alicyclic amines) is 1. The first kappa shape index (κ1) is 28.8. The molecule has 10 heteroatoms. The molecule has 0 radical (unpaired) electrons. The number of benzene rings is 1. The van der Waals surface area contributed by atoms with Crippen LogP contribution < -0.4 is 16.0 Å². The molecular weight excluding hydrogens is 506 g/mol. The normalized spacial score (nSPS) is 14.1. The van der Waals surface area contributed by atoms with Crippen LogP contribution in [0.5, 0.6) is 0 Å². The molecule has 10 nitrogen and oxygen atoms in total. The van der Waals surface area contributed by atoms with E-state index in [2.05, 4.69) is 30.9 Å². The van der Waals surface area contributed by atoms with Crippen LogP contribution in [0.4, 0.5) is 27.9 Å². The van der Waals surface area contributed by atoms with E-state index in [1.54, 1.807) is 23.4 Å². The first-order chi connectivity index (χ1) is 19.0. The van der Waals surface area contributed by atoms with Crippen molar-refractivity contribution in [3.8, 4) is 0 Å². The number of hydrogen-bond acceptors (Lipinski definition) is 8. The minimum absolute atomic E-state index is 0.0298. The van der Waals surface area contributed by atoms with Crippen LogP contribution in [0.3, 0.4) is 0 Å². The average Bonchev–Trinajstić information content (AvgIpc) is 2.90. The number of aryl methyl sites for hydroxylation is 1. The van der Waals surface area contributed by atoms with Crippen LogP contribution in [0.25, 0.3) is 0 Å². The number of hydrogen-bond donors (Lipinski definition) is 3. The Morgan fingerprint density at radius 1 is 1.00 bits per heavy atom. The lowest BCUT2D eigenvalue weighted by Crippen LogP contribution is -2.41. The van der Waals surface area contributed by atoms with E-state index < -0.39 is 5.60 Å². The maximum absolute atomic E-state index is 12.7. The zero-order valence-electron chi connectivity index (χ0n) is 24.1. The number of pyridine rings is 1. The zero-order valence-corrected chi connectivity index (χ0v) is 24.1. The lowest BCUT2D eigenvalue weighted by atomic mass is 9.93.